The van der Waals surface area contributed by atoms with Crippen molar-refractivity contribution >= 4 is 67.7 Å². The fraction of sp³-hybridized carbons (Fsp3) is 0.600. The molecule has 0 spiro atoms. The predicted octanol–water partition coefficient (Wildman–Crippen LogP) is 6.73. The smallest absolute Gasteiger partial charge is 0.237 e. The molecular formula is C25H32FI2N3O. The fourth-order valence-corrected chi connectivity index (χ4v) is 6.22. The first-order valence-electron chi connectivity index (χ1n) is 11.8. The minimum Gasteiger partial charge on any atom is -0.371 e. The van der Waals surface area contributed by atoms with Crippen LogP contribution >= 0.6 is 45.2 Å². The summed E-state index contributed by atoms with van der Waals surface area (Å²) >= 11 is 3.63. The number of amides is 1. The molecule has 4 rings (SSSR count). The second kappa shape index (κ2) is 10.7. The van der Waals surface area contributed by atoms with E-state index in [1.165, 1.54) is 32.1 Å². The van der Waals surface area contributed by atoms with Gasteiger partial charge < -0.3 is 10.2 Å². The Kier molecular flexibility index (Phi) is 8.16. The summed E-state index contributed by atoms with van der Waals surface area (Å²) in [5.74, 6) is 1.72. The van der Waals surface area contributed by atoms with Crippen molar-refractivity contribution in [2.24, 2.45) is 17.8 Å². The van der Waals surface area contributed by atoms with Gasteiger partial charge in [0, 0.05) is 48.4 Å². The summed E-state index contributed by atoms with van der Waals surface area (Å²) in [5, 5.41) is 4.25. The van der Waals surface area contributed by atoms with Crippen LogP contribution in [-0.2, 0) is 6.48 Å². The van der Waals surface area contributed by atoms with Crippen LogP contribution in [0.2, 0.25) is 0 Å². The van der Waals surface area contributed by atoms with Crippen LogP contribution in [0.1, 0.15) is 57.4 Å². The Morgan fingerprint density at radius 2 is 1.94 bits per heavy atom. The number of aromatic nitrogens is 1. The molecule has 2 aliphatic rings. The van der Waals surface area contributed by atoms with Crippen LogP contribution in [-0.4, -0.2) is 30.5 Å². The van der Waals surface area contributed by atoms with Crippen LogP contribution in [0.25, 0.3) is 10.9 Å². The summed E-state index contributed by atoms with van der Waals surface area (Å²) in [6, 6.07) is 7.80. The van der Waals surface area contributed by atoms with Gasteiger partial charge in [-0.2, -0.15) is 0 Å². The molecule has 1 saturated carbocycles. The molecule has 7 heteroatoms. The molecule has 2 heterocycles. The molecule has 1 N–H and O–H groups in total. The maximum atomic E-state index is 14.7. The highest BCUT2D eigenvalue weighted by Crippen LogP contribution is 2.45. The van der Waals surface area contributed by atoms with E-state index >= 15 is 0 Å². The molecular weight excluding hydrogens is 631 g/mol. The van der Waals surface area contributed by atoms with E-state index in [4.69, 9.17) is 0 Å². The molecule has 1 aromatic heterocycles. The van der Waals surface area contributed by atoms with Crippen LogP contribution in [0.15, 0.2) is 30.5 Å². The third-order valence-electron chi connectivity index (χ3n) is 7.12. The zero-order valence-electron chi connectivity index (χ0n) is 18.6. The van der Waals surface area contributed by atoms with E-state index < -0.39 is 1.68 Å². The second-order valence-corrected chi connectivity index (χ2v) is 14.6. The van der Waals surface area contributed by atoms with Gasteiger partial charge in [-0.15, -0.1) is 0 Å². The van der Waals surface area contributed by atoms with Crippen LogP contribution in [0, 0.1) is 17.8 Å². The highest BCUT2D eigenvalue weighted by Gasteiger charge is 2.30. The Morgan fingerprint density at radius 1 is 1.19 bits per heavy atom. The van der Waals surface area contributed by atoms with E-state index in [2.05, 4.69) is 22.1 Å². The number of fused-ring (bicyclic) bond motifs is 1. The lowest BCUT2D eigenvalue weighted by Gasteiger charge is -2.34. The van der Waals surface area contributed by atoms with Crippen molar-refractivity contribution in [3.63, 3.8) is 0 Å². The van der Waals surface area contributed by atoms with Crippen molar-refractivity contribution in [2.45, 2.75) is 53.6 Å². The standard InChI is InChI=1S/C25H32FI2N3O/c1-17-5-2-3-6-18(15-17)16-30-24(32)19-10-13-31(14-11-19)22-9-8-21(25(26,27)28)23-20(22)7-4-12-29-23/h4,7-9,12,17-19H,2-3,5-6,10-11,13-16H2,1H3,(H,30,32). The SMILES string of the molecule is CC1CCCCC(CNC(=O)C2CCN(c3ccc(C(F)(I)I)c4ncccc34)CC2)C1. The molecule has 0 radical (unpaired) electrons. The lowest BCUT2D eigenvalue weighted by molar-refractivity contribution is -0.125. The highest BCUT2D eigenvalue weighted by atomic mass is 127. The topological polar surface area (TPSA) is 45.2 Å². The summed E-state index contributed by atoms with van der Waals surface area (Å²) in [5.41, 5.74) is 2.40. The summed E-state index contributed by atoms with van der Waals surface area (Å²) < 4.78 is 13.2. The van der Waals surface area contributed by atoms with Crippen molar-refractivity contribution in [1.29, 1.82) is 0 Å². The Balaban J connectivity index is 1.37. The average molecular weight is 663 g/mol. The minimum absolute atomic E-state index is 0.0836. The van der Waals surface area contributed by atoms with Gasteiger partial charge in [0.1, 0.15) is 0 Å². The highest BCUT2D eigenvalue weighted by molar-refractivity contribution is 14.2. The van der Waals surface area contributed by atoms with Crippen molar-refractivity contribution in [3.8, 4) is 0 Å². The Morgan fingerprint density at radius 3 is 2.69 bits per heavy atom. The van der Waals surface area contributed by atoms with Gasteiger partial charge in [-0.1, -0.05) is 26.2 Å². The number of piperidine rings is 1. The summed E-state index contributed by atoms with van der Waals surface area (Å²) in [4.78, 5) is 19.6. The number of anilines is 1. The van der Waals surface area contributed by atoms with E-state index in [1.807, 2.05) is 69.4 Å². The van der Waals surface area contributed by atoms with Crippen molar-refractivity contribution < 1.29 is 9.18 Å². The molecule has 32 heavy (non-hydrogen) atoms. The number of benzene rings is 1. The van der Waals surface area contributed by atoms with Gasteiger partial charge in [-0.3, -0.25) is 9.78 Å². The molecule has 2 fully saturated rings. The van der Waals surface area contributed by atoms with Gasteiger partial charge in [-0.05, 0) is 107 Å². The first-order chi connectivity index (χ1) is 15.3. The molecule has 1 saturated heterocycles. The maximum absolute atomic E-state index is 14.7. The zero-order valence-corrected chi connectivity index (χ0v) is 22.9. The number of alkyl halides is 3. The normalized spacial score (nSPS) is 23.2. The van der Waals surface area contributed by atoms with E-state index in [-0.39, 0.29) is 11.8 Å². The van der Waals surface area contributed by atoms with Gasteiger partial charge in [0.05, 0.1) is 5.52 Å². The minimum atomic E-state index is -1.50. The third kappa shape index (κ3) is 5.85. The van der Waals surface area contributed by atoms with Crippen molar-refractivity contribution in [2.75, 3.05) is 24.5 Å². The van der Waals surface area contributed by atoms with Crippen LogP contribution in [0.5, 0.6) is 0 Å². The van der Waals surface area contributed by atoms with Crippen LogP contribution in [0.4, 0.5) is 10.1 Å². The van der Waals surface area contributed by atoms with E-state index in [9.17, 15) is 9.18 Å². The van der Waals surface area contributed by atoms with Gasteiger partial charge in [0.15, 0.2) is 0 Å². The number of carbonyl (C=O) groups excluding carboxylic acids is 1. The Hall–Kier alpha value is -0.710. The first kappa shape index (κ1) is 24.4. The monoisotopic (exact) mass is 663 g/mol. The number of nitrogens with zero attached hydrogens (tertiary/aromatic N) is 2. The Labute approximate surface area is 217 Å². The largest absolute Gasteiger partial charge is 0.371 e. The lowest BCUT2D eigenvalue weighted by Crippen LogP contribution is -2.42. The number of rotatable bonds is 5. The van der Waals surface area contributed by atoms with Crippen LogP contribution < -0.4 is 10.2 Å². The lowest BCUT2D eigenvalue weighted by atomic mass is 9.92. The molecule has 174 valence electrons. The summed E-state index contributed by atoms with van der Waals surface area (Å²) in [6.07, 6.45) is 9.86. The van der Waals surface area contributed by atoms with Gasteiger partial charge in [0.2, 0.25) is 7.59 Å². The number of halogens is 3. The summed E-state index contributed by atoms with van der Waals surface area (Å²) in [6.45, 7) is 4.84. The molecule has 2 atom stereocenters. The quantitative estimate of drug-likeness (QED) is 0.219. The number of hydrogen-bond donors (Lipinski definition) is 1. The predicted molar refractivity (Wildman–Crippen MR) is 146 cm³/mol. The average Bonchev–Trinajstić information content (AvgIpc) is 3.00. The van der Waals surface area contributed by atoms with E-state index in [0.717, 1.165) is 49.5 Å². The first-order valence-corrected chi connectivity index (χ1v) is 14.0. The van der Waals surface area contributed by atoms with E-state index in [1.54, 1.807) is 6.20 Å². The number of nitrogens with one attached hydrogen (secondary N) is 1. The Bertz CT molecular complexity index is 940. The molecule has 0 bridgehead atoms. The molecule has 1 aliphatic carbocycles. The molecule has 2 aromatic rings. The van der Waals surface area contributed by atoms with Crippen molar-refractivity contribution in [1.82, 2.24) is 10.3 Å². The van der Waals surface area contributed by atoms with Crippen molar-refractivity contribution in [3.05, 3.63) is 36.0 Å². The number of carbonyl (C=O) groups is 1. The summed E-state index contributed by atoms with van der Waals surface area (Å²) in [7, 11) is 0. The molecule has 4 nitrogen and oxygen atoms in total. The zero-order chi connectivity index (χ0) is 22.7. The van der Waals surface area contributed by atoms with E-state index in [0.29, 0.717) is 17.0 Å². The third-order valence-corrected chi connectivity index (χ3v) is 8.28. The molecule has 2 unspecified atom stereocenters. The fourth-order valence-electron chi connectivity index (χ4n) is 5.35. The van der Waals surface area contributed by atoms with Gasteiger partial charge in [-0.25, -0.2) is 4.39 Å². The number of hydrogen-bond acceptors (Lipinski definition) is 3. The van der Waals surface area contributed by atoms with Gasteiger partial charge in [0.25, 0.3) is 0 Å². The number of pyridine rings is 1. The van der Waals surface area contributed by atoms with Gasteiger partial charge >= 0.3 is 0 Å². The maximum Gasteiger partial charge on any atom is 0.237 e. The van der Waals surface area contributed by atoms with Crippen LogP contribution in [0.3, 0.4) is 0 Å². The molecule has 1 amide bonds. The second-order valence-electron chi connectivity index (χ2n) is 9.53. The molecule has 1 aromatic carbocycles. The molecule has 1 aliphatic heterocycles.